The van der Waals surface area contributed by atoms with Gasteiger partial charge in [-0.2, -0.15) is 0 Å². The molecule has 1 unspecified atom stereocenters. The quantitative estimate of drug-likeness (QED) is 0.793. The minimum atomic E-state index is -1.12. The second-order valence-electron chi connectivity index (χ2n) is 4.50. The van der Waals surface area contributed by atoms with Crippen LogP contribution in [-0.2, 0) is 4.79 Å². The van der Waals surface area contributed by atoms with Crippen molar-refractivity contribution in [2.45, 2.75) is 0 Å². The van der Waals surface area contributed by atoms with Crippen molar-refractivity contribution in [2.24, 2.45) is 5.92 Å². The highest BCUT2D eigenvalue weighted by molar-refractivity contribution is 5.88. The molecule has 20 heavy (non-hydrogen) atoms. The van der Waals surface area contributed by atoms with E-state index in [1.165, 1.54) is 0 Å². The number of hydrogen-bond donors (Lipinski definition) is 2. The van der Waals surface area contributed by atoms with Gasteiger partial charge in [-0.05, 0) is 11.5 Å². The third-order valence-electron chi connectivity index (χ3n) is 3.18. The Balaban J connectivity index is 2.16. The highest BCUT2D eigenvalue weighted by atomic mass is 16.5. The number of hydrogen-bond acceptors (Lipinski definition) is 3. The molecule has 2 rings (SSSR count). The summed E-state index contributed by atoms with van der Waals surface area (Å²) in [5, 5.41) is 20.1. The lowest BCUT2D eigenvalue weighted by Gasteiger charge is -2.16. The SMILES string of the molecule is C=C(C(=O)O)C(CO)COc1cccc2ccccc12. The van der Waals surface area contributed by atoms with Gasteiger partial charge in [0, 0.05) is 16.9 Å². The lowest BCUT2D eigenvalue weighted by molar-refractivity contribution is -0.133. The van der Waals surface area contributed by atoms with E-state index in [-0.39, 0.29) is 18.8 Å². The van der Waals surface area contributed by atoms with Gasteiger partial charge >= 0.3 is 5.97 Å². The highest BCUT2D eigenvalue weighted by Crippen LogP contribution is 2.26. The highest BCUT2D eigenvalue weighted by Gasteiger charge is 2.18. The average Bonchev–Trinajstić information content (AvgIpc) is 2.47. The van der Waals surface area contributed by atoms with Crippen molar-refractivity contribution in [3.05, 3.63) is 54.6 Å². The number of carbonyl (C=O) groups is 1. The summed E-state index contributed by atoms with van der Waals surface area (Å²) >= 11 is 0. The van der Waals surface area contributed by atoms with Crippen molar-refractivity contribution in [2.75, 3.05) is 13.2 Å². The summed E-state index contributed by atoms with van der Waals surface area (Å²) in [4.78, 5) is 10.9. The lowest BCUT2D eigenvalue weighted by atomic mass is 10.0. The maximum absolute atomic E-state index is 10.9. The number of carboxylic acids is 1. The first-order valence-corrected chi connectivity index (χ1v) is 6.27. The zero-order valence-corrected chi connectivity index (χ0v) is 11.0. The summed E-state index contributed by atoms with van der Waals surface area (Å²) < 4.78 is 5.66. The van der Waals surface area contributed by atoms with Gasteiger partial charge in [0.25, 0.3) is 0 Å². The van der Waals surface area contributed by atoms with E-state index in [0.717, 1.165) is 10.8 Å². The van der Waals surface area contributed by atoms with Crippen molar-refractivity contribution < 1.29 is 19.7 Å². The Bertz CT molecular complexity index is 628. The zero-order chi connectivity index (χ0) is 14.5. The van der Waals surface area contributed by atoms with Crippen LogP contribution < -0.4 is 4.74 Å². The van der Waals surface area contributed by atoms with Crippen LogP contribution in [0, 0.1) is 5.92 Å². The molecule has 0 aliphatic carbocycles. The van der Waals surface area contributed by atoms with E-state index in [2.05, 4.69) is 6.58 Å². The van der Waals surface area contributed by atoms with Gasteiger partial charge in [0.05, 0.1) is 13.2 Å². The average molecular weight is 272 g/mol. The maximum atomic E-state index is 10.9. The predicted octanol–water partition coefficient (Wildman–Crippen LogP) is 2.47. The predicted molar refractivity (Wildman–Crippen MR) is 76.8 cm³/mol. The molecule has 2 aromatic rings. The summed E-state index contributed by atoms with van der Waals surface area (Å²) in [6.45, 7) is 3.23. The summed E-state index contributed by atoms with van der Waals surface area (Å²) in [5.74, 6) is -1.07. The molecule has 0 saturated carbocycles. The standard InChI is InChI=1S/C16H16O4/c1-11(16(18)19)13(9-17)10-20-15-8-4-6-12-5-2-3-7-14(12)15/h2-8,13,17H,1,9-10H2,(H,18,19). The number of aliphatic hydroxyl groups excluding tert-OH is 1. The van der Waals surface area contributed by atoms with Crippen LogP contribution in [0.5, 0.6) is 5.75 Å². The Labute approximate surface area is 116 Å². The molecule has 2 aromatic carbocycles. The second-order valence-corrected chi connectivity index (χ2v) is 4.50. The van der Waals surface area contributed by atoms with Crippen LogP contribution in [0.1, 0.15) is 0 Å². The molecule has 0 bridgehead atoms. The summed E-state index contributed by atoms with van der Waals surface area (Å²) in [6, 6.07) is 13.4. The number of aliphatic carboxylic acids is 1. The topological polar surface area (TPSA) is 66.8 Å². The first kappa shape index (κ1) is 14.1. The van der Waals surface area contributed by atoms with Gasteiger partial charge in [0.1, 0.15) is 5.75 Å². The van der Waals surface area contributed by atoms with E-state index >= 15 is 0 Å². The van der Waals surface area contributed by atoms with Gasteiger partial charge in [-0.15, -0.1) is 0 Å². The third kappa shape index (κ3) is 2.97. The van der Waals surface area contributed by atoms with Crippen molar-refractivity contribution in [3.8, 4) is 5.75 Å². The smallest absolute Gasteiger partial charge is 0.331 e. The Morgan fingerprint density at radius 1 is 1.20 bits per heavy atom. The molecule has 0 aromatic heterocycles. The van der Waals surface area contributed by atoms with E-state index in [0.29, 0.717) is 5.75 Å². The monoisotopic (exact) mass is 272 g/mol. The minimum absolute atomic E-state index is 0.0484. The third-order valence-corrected chi connectivity index (χ3v) is 3.18. The molecule has 4 nitrogen and oxygen atoms in total. The van der Waals surface area contributed by atoms with Crippen LogP contribution in [-0.4, -0.2) is 29.4 Å². The van der Waals surface area contributed by atoms with E-state index in [4.69, 9.17) is 9.84 Å². The number of ether oxygens (including phenoxy) is 1. The molecule has 0 radical (unpaired) electrons. The molecular weight excluding hydrogens is 256 g/mol. The van der Waals surface area contributed by atoms with Gasteiger partial charge in [0.2, 0.25) is 0 Å². The molecule has 104 valence electrons. The number of carboxylic acid groups (broad SMARTS) is 1. The van der Waals surface area contributed by atoms with Crippen LogP contribution in [0.4, 0.5) is 0 Å². The second kappa shape index (κ2) is 6.21. The summed E-state index contributed by atoms with van der Waals surface area (Å²) in [7, 11) is 0. The number of rotatable bonds is 6. The van der Waals surface area contributed by atoms with Crippen LogP contribution in [0.3, 0.4) is 0 Å². The van der Waals surface area contributed by atoms with Crippen molar-refractivity contribution in [1.29, 1.82) is 0 Å². The first-order chi connectivity index (χ1) is 9.63. The lowest BCUT2D eigenvalue weighted by Crippen LogP contribution is -2.22. The Kier molecular flexibility index (Phi) is 4.38. The fourth-order valence-electron chi connectivity index (χ4n) is 1.95. The molecule has 2 N–H and O–H groups in total. The van der Waals surface area contributed by atoms with Crippen LogP contribution in [0.25, 0.3) is 10.8 Å². The normalized spacial score (nSPS) is 12.1. The van der Waals surface area contributed by atoms with Gasteiger partial charge in [-0.1, -0.05) is 43.0 Å². The minimum Gasteiger partial charge on any atom is -0.492 e. The van der Waals surface area contributed by atoms with Crippen LogP contribution >= 0.6 is 0 Å². The first-order valence-electron chi connectivity index (χ1n) is 6.27. The summed E-state index contributed by atoms with van der Waals surface area (Å²) in [5.41, 5.74) is -0.0484. The molecule has 0 aliphatic rings. The van der Waals surface area contributed by atoms with E-state index in [9.17, 15) is 9.90 Å². The van der Waals surface area contributed by atoms with E-state index < -0.39 is 11.9 Å². The van der Waals surface area contributed by atoms with E-state index in [1.807, 2.05) is 42.5 Å². The van der Waals surface area contributed by atoms with Gasteiger partial charge in [-0.3, -0.25) is 0 Å². The van der Waals surface area contributed by atoms with Gasteiger partial charge < -0.3 is 14.9 Å². The molecule has 0 heterocycles. The fourth-order valence-corrected chi connectivity index (χ4v) is 1.95. The molecule has 0 aliphatic heterocycles. The molecule has 0 spiro atoms. The Hall–Kier alpha value is -2.33. The zero-order valence-electron chi connectivity index (χ0n) is 11.0. The van der Waals surface area contributed by atoms with Crippen molar-refractivity contribution >= 4 is 16.7 Å². The van der Waals surface area contributed by atoms with Crippen molar-refractivity contribution in [3.63, 3.8) is 0 Å². The number of benzene rings is 2. The molecule has 4 heteroatoms. The number of aliphatic hydroxyl groups is 1. The Morgan fingerprint density at radius 2 is 1.90 bits per heavy atom. The molecular formula is C16H16O4. The van der Waals surface area contributed by atoms with Crippen molar-refractivity contribution in [1.82, 2.24) is 0 Å². The molecule has 0 amide bonds. The molecule has 1 atom stereocenters. The molecule has 0 fully saturated rings. The van der Waals surface area contributed by atoms with Gasteiger partial charge in [0.15, 0.2) is 0 Å². The largest absolute Gasteiger partial charge is 0.492 e. The molecule has 0 saturated heterocycles. The van der Waals surface area contributed by atoms with Crippen LogP contribution in [0.2, 0.25) is 0 Å². The van der Waals surface area contributed by atoms with E-state index in [1.54, 1.807) is 0 Å². The van der Waals surface area contributed by atoms with Crippen LogP contribution in [0.15, 0.2) is 54.6 Å². The van der Waals surface area contributed by atoms with Gasteiger partial charge in [-0.25, -0.2) is 4.79 Å². The summed E-state index contributed by atoms with van der Waals surface area (Å²) in [6.07, 6.45) is 0. The number of fused-ring (bicyclic) bond motifs is 1. The Morgan fingerprint density at radius 3 is 2.60 bits per heavy atom. The maximum Gasteiger partial charge on any atom is 0.331 e. The fraction of sp³-hybridized carbons (Fsp3) is 0.188.